The standard InChI is InChI=1S/C26H20BrCl2NO5S/c1-33-22-4-2-3-5-23(22)34-11-10-30-25(31)24(36-26(30)32)13-17-12-18(27)7-9-21(17)35-15-16-6-8-19(28)14-20(16)29/h2-9,12-14H,10-11,15H2,1H3/b24-13-. The first-order chi connectivity index (χ1) is 17.4. The van der Waals surface area contributed by atoms with E-state index in [0.29, 0.717) is 37.8 Å². The van der Waals surface area contributed by atoms with Crippen molar-refractivity contribution < 1.29 is 23.8 Å². The minimum atomic E-state index is -0.389. The predicted molar refractivity (Wildman–Crippen MR) is 146 cm³/mol. The molecule has 0 aliphatic carbocycles. The lowest BCUT2D eigenvalue weighted by atomic mass is 10.1. The number of carbonyl (C=O) groups is 2. The van der Waals surface area contributed by atoms with E-state index in [9.17, 15) is 9.59 Å². The number of hydrogen-bond donors (Lipinski definition) is 0. The molecule has 0 bridgehead atoms. The Hall–Kier alpha value is -2.65. The predicted octanol–water partition coefficient (Wildman–Crippen LogP) is 7.46. The van der Waals surface area contributed by atoms with Crippen molar-refractivity contribution in [1.29, 1.82) is 0 Å². The van der Waals surface area contributed by atoms with Crippen LogP contribution in [0.5, 0.6) is 17.2 Å². The van der Waals surface area contributed by atoms with Crippen LogP contribution in [-0.4, -0.2) is 36.3 Å². The van der Waals surface area contributed by atoms with E-state index < -0.39 is 0 Å². The highest BCUT2D eigenvalue weighted by Gasteiger charge is 2.35. The van der Waals surface area contributed by atoms with E-state index in [2.05, 4.69) is 15.9 Å². The molecular weight excluding hydrogens is 589 g/mol. The number of carbonyl (C=O) groups excluding carboxylic acids is 2. The smallest absolute Gasteiger partial charge is 0.293 e. The number of imide groups is 1. The largest absolute Gasteiger partial charge is 0.493 e. The molecule has 186 valence electrons. The summed E-state index contributed by atoms with van der Waals surface area (Å²) in [5, 5.41) is 0.676. The van der Waals surface area contributed by atoms with Crippen LogP contribution in [0.4, 0.5) is 4.79 Å². The van der Waals surface area contributed by atoms with Crippen LogP contribution < -0.4 is 14.2 Å². The van der Waals surface area contributed by atoms with Crippen molar-refractivity contribution in [3.05, 3.63) is 91.2 Å². The van der Waals surface area contributed by atoms with Gasteiger partial charge in [-0.2, -0.15) is 0 Å². The number of nitrogens with zero attached hydrogens (tertiary/aromatic N) is 1. The average Bonchev–Trinajstić information content (AvgIpc) is 3.12. The van der Waals surface area contributed by atoms with E-state index in [0.717, 1.165) is 26.7 Å². The quantitative estimate of drug-likeness (QED) is 0.235. The third-order valence-electron chi connectivity index (χ3n) is 5.17. The Morgan fingerprint density at radius 1 is 0.972 bits per heavy atom. The zero-order valence-electron chi connectivity index (χ0n) is 19.0. The molecule has 0 unspecified atom stereocenters. The number of hydrogen-bond acceptors (Lipinski definition) is 6. The second kappa shape index (κ2) is 12.1. The second-order valence-electron chi connectivity index (χ2n) is 7.54. The summed E-state index contributed by atoms with van der Waals surface area (Å²) < 4.78 is 17.8. The zero-order chi connectivity index (χ0) is 25.7. The molecule has 4 rings (SSSR count). The molecule has 0 radical (unpaired) electrons. The monoisotopic (exact) mass is 607 g/mol. The molecule has 3 aromatic rings. The molecule has 36 heavy (non-hydrogen) atoms. The van der Waals surface area contributed by atoms with Crippen molar-refractivity contribution in [1.82, 2.24) is 4.90 Å². The summed E-state index contributed by atoms with van der Waals surface area (Å²) in [5.74, 6) is 1.27. The molecular formula is C26H20BrCl2NO5S. The Morgan fingerprint density at radius 2 is 1.75 bits per heavy atom. The van der Waals surface area contributed by atoms with Gasteiger partial charge in [-0.05, 0) is 60.3 Å². The molecule has 1 fully saturated rings. The van der Waals surface area contributed by atoms with Gasteiger partial charge in [0, 0.05) is 25.6 Å². The van der Waals surface area contributed by atoms with Crippen LogP contribution in [-0.2, 0) is 11.4 Å². The molecule has 6 nitrogen and oxygen atoms in total. The van der Waals surface area contributed by atoms with Gasteiger partial charge >= 0.3 is 0 Å². The molecule has 0 spiro atoms. The van der Waals surface area contributed by atoms with Gasteiger partial charge in [0.15, 0.2) is 11.5 Å². The zero-order valence-corrected chi connectivity index (χ0v) is 22.9. The number of ether oxygens (including phenoxy) is 3. The van der Waals surface area contributed by atoms with Crippen molar-refractivity contribution in [2.75, 3.05) is 20.3 Å². The van der Waals surface area contributed by atoms with Gasteiger partial charge < -0.3 is 14.2 Å². The maximum Gasteiger partial charge on any atom is 0.293 e. The summed E-state index contributed by atoms with van der Waals surface area (Å²) in [6.07, 6.45) is 1.65. The molecule has 0 aromatic heterocycles. The molecule has 0 N–H and O–H groups in total. The minimum absolute atomic E-state index is 0.108. The Morgan fingerprint density at radius 3 is 2.50 bits per heavy atom. The van der Waals surface area contributed by atoms with Crippen LogP contribution in [0.25, 0.3) is 6.08 Å². The van der Waals surface area contributed by atoms with Gasteiger partial charge in [0.25, 0.3) is 11.1 Å². The fraction of sp³-hybridized carbons (Fsp3) is 0.154. The van der Waals surface area contributed by atoms with Gasteiger partial charge in [0.1, 0.15) is 19.0 Å². The number of para-hydroxylation sites is 2. The van der Waals surface area contributed by atoms with Crippen molar-refractivity contribution in [3.63, 3.8) is 0 Å². The molecule has 1 aliphatic rings. The second-order valence-corrected chi connectivity index (χ2v) is 10.3. The normalized spacial score (nSPS) is 14.4. The van der Waals surface area contributed by atoms with E-state index in [1.165, 1.54) is 0 Å². The molecule has 3 aromatic carbocycles. The number of methoxy groups -OCH3 is 1. The fourth-order valence-corrected chi connectivity index (χ4v) is 5.07. The van der Waals surface area contributed by atoms with Gasteiger partial charge in [-0.1, -0.05) is 57.3 Å². The first-order valence-electron chi connectivity index (χ1n) is 10.7. The highest BCUT2D eigenvalue weighted by molar-refractivity contribution is 9.10. The SMILES string of the molecule is COc1ccccc1OCCN1C(=O)S/C(=C\c2cc(Br)ccc2OCc2ccc(Cl)cc2Cl)C1=O. The Kier molecular flexibility index (Phi) is 8.85. The lowest BCUT2D eigenvalue weighted by Crippen LogP contribution is -2.32. The van der Waals surface area contributed by atoms with Crippen molar-refractivity contribution in [3.8, 4) is 17.2 Å². The first kappa shape index (κ1) is 26.4. The lowest BCUT2D eigenvalue weighted by molar-refractivity contribution is -0.123. The summed E-state index contributed by atoms with van der Waals surface area (Å²) in [6, 6.07) is 17.8. The summed E-state index contributed by atoms with van der Waals surface area (Å²) in [7, 11) is 1.55. The number of benzene rings is 3. The Bertz CT molecular complexity index is 1330. The van der Waals surface area contributed by atoms with Gasteiger partial charge in [-0.25, -0.2) is 0 Å². The van der Waals surface area contributed by atoms with Crippen LogP contribution in [0.1, 0.15) is 11.1 Å². The topological polar surface area (TPSA) is 65.1 Å². The maximum atomic E-state index is 13.0. The molecule has 2 amide bonds. The van der Waals surface area contributed by atoms with Gasteiger partial charge in [0.05, 0.1) is 18.6 Å². The molecule has 1 heterocycles. The van der Waals surface area contributed by atoms with Gasteiger partial charge in [-0.15, -0.1) is 0 Å². The van der Waals surface area contributed by atoms with Crippen molar-refractivity contribution in [2.24, 2.45) is 0 Å². The molecule has 10 heteroatoms. The molecule has 1 aliphatic heterocycles. The van der Waals surface area contributed by atoms with Gasteiger partial charge in [0.2, 0.25) is 0 Å². The molecule has 0 saturated carbocycles. The Balaban J connectivity index is 1.46. The number of rotatable bonds is 9. The number of halogens is 3. The van der Waals surface area contributed by atoms with Crippen molar-refractivity contribution >= 4 is 68.1 Å². The number of thioether (sulfide) groups is 1. The van der Waals surface area contributed by atoms with E-state index in [1.807, 2.05) is 24.3 Å². The summed E-state index contributed by atoms with van der Waals surface area (Å²) >= 11 is 16.6. The number of amides is 2. The Labute approximate surface area is 231 Å². The molecule has 0 atom stereocenters. The molecule has 1 saturated heterocycles. The fourth-order valence-electron chi connectivity index (χ4n) is 3.38. The van der Waals surface area contributed by atoms with Crippen LogP contribution in [0.2, 0.25) is 10.0 Å². The summed E-state index contributed by atoms with van der Waals surface area (Å²) in [6.45, 7) is 0.454. The van der Waals surface area contributed by atoms with Crippen molar-refractivity contribution in [2.45, 2.75) is 6.61 Å². The summed E-state index contributed by atoms with van der Waals surface area (Å²) in [4.78, 5) is 27.0. The highest BCUT2D eigenvalue weighted by atomic mass is 79.9. The first-order valence-corrected chi connectivity index (χ1v) is 13.1. The van der Waals surface area contributed by atoms with E-state index >= 15 is 0 Å². The maximum absolute atomic E-state index is 13.0. The van der Waals surface area contributed by atoms with Crippen LogP contribution >= 0.6 is 50.9 Å². The van der Waals surface area contributed by atoms with Crippen LogP contribution in [0.15, 0.2) is 70.0 Å². The van der Waals surface area contributed by atoms with Crippen LogP contribution in [0, 0.1) is 0 Å². The van der Waals surface area contributed by atoms with Crippen LogP contribution in [0.3, 0.4) is 0 Å². The average molecular weight is 609 g/mol. The van der Waals surface area contributed by atoms with E-state index in [1.54, 1.807) is 49.6 Å². The van der Waals surface area contributed by atoms with E-state index in [-0.39, 0.29) is 30.9 Å². The lowest BCUT2D eigenvalue weighted by Gasteiger charge is -2.14. The third-order valence-corrected chi connectivity index (χ3v) is 7.16. The van der Waals surface area contributed by atoms with Gasteiger partial charge in [-0.3, -0.25) is 14.5 Å². The minimum Gasteiger partial charge on any atom is -0.493 e. The summed E-state index contributed by atoms with van der Waals surface area (Å²) in [5.41, 5.74) is 1.41. The third kappa shape index (κ3) is 6.37. The van der Waals surface area contributed by atoms with E-state index in [4.69, 9.17) is 37.4 Å². The highest BCUT2D eigenvalue weighted by Crippen LogP contribution is 2.35.